The number of aryl methyl sites for hydroxylation is 1. The van der Waals surface area contributed by atoms with Crippen LogP contribution in [0, 0.1) is 0 Å². The molecule has 0 radical (unpaired) electrons. The third kappa shape index (κ3) is 2.99. The molecule has 0 amide bonds. The molecule has 0 aliphatic carbocycles. The highest BCUT2D eigenvalue weighted by atomic mass is 15.3. The molecule has 106 valence electrons. The number of rotatable bonds is 5. The monoisotopic (exact) mass is 271 g/mol. The summed E-state index contributed by atoms with van der Waals surface area (Å²) in [6, 6.07) is 6.59. The van der Waals surface area contributed by atoms with Gasteiger partial charge in [0.25, 0.3) is 0 Å². The van der Waals surface area contributed by atoms with Crippen LogP contribution in [-0.4, -0.2) is 32.8 Å². The van der Waals surface area contributed by atoms with Gasteiger partial charge in [-0.25, -0.2) is 0 Å². The second kappa shape index (κ2) is 6.05. The molecule has 2 aromatic heterocycles. The predicted molar refractivity (Wildman–Crippen MR) is 79.0 cm³/mol. The molecule has 0 bridgehead atoms. The first-order chi connectivity index (χ1) is 9.83. The lowest BCUT2D eigenvalue weighted by Crippen LogP contribution is -2.25. The topological polar surface area (TPSA) is 60.0 Å². The number of pyridine rings is 1. The van der Waals surface area contributed by atoms with E-state index in [1.165, 1.54) is 24.9 Å². The normalized spacial score (nSPS) is 19.5. The maximum Gasteiger partial charge on any atom is 0.145 e. The molecule has 1 atom stereocenters. The van der Waals surface area contributed by atoms with Gasteiger partial charge in [0.05, 0.1) is 0 Å². The molecule has 20 heavy (non-hydrogen) atoms. The van der Waals surface area contributed by atoms with Gasteiger partial charge in [0.2, 0.25) is 0 Å². The third-order valence-corrected chi connectivity index (χ3v) is 3.93. The zero-order chi connectivity index (χ0) is 13.8. The van der Waals surface area contributed by atoms with E-state index in [0.29, 0.717) is 11.9 Å². The summed E-state index contributed by atoms with van der Waals surface area (Å²) in [7, 11) is 0. The standard InChI is InChI=1S/C15H21N5/c16-15-6-11-20(18-15)10-3-9-19-8-2-5-14(19)13-4-1-7-17-12-13/h1,4,6-7,11-12,14H,2-3,5,8-10H2,(H2,16,18). The van der Waals surface area contributed by atoms with E-state index >= 15 is 0 Å². The van der Waals surface area contributed by atoms with Gasteiger partial charge in [-0.15, -0.1) is 0 Å². The molecule has 3 rings (SSSR count). The highest BCUT2D eigenvalue weighted by molar-refractivity contribution is 5.23. The van der Waals surface area contributed by atoms with Crippen LogP contribution in [0.3, 0.4) is 0 Å². The zero-order valence-corrected chi connectivity index (χ0v) is 11.7. The van der Waals surface area contributed by atoms with Gasteiger partial charge in [-0.3, -0.25) is 14.6 Å². The minimum Gasteiger partial charge on any atom is -0.382 e. The Morgan fingerprint density at radius 3 is 3.00 bits per heavy atom. The summed E-state index contributed by atoms with van der Waals surface area (Å²) in [4.78, 5) is 6.80. The number of nitrogens with two attached hydrogens (primary N) is 1. The van der Waals surface area contributed by atoms with E-state index in [1.807, 2.05) is 35.4 Å². The highest BCUT2D eigenvalue weighted by Gasteiger charge is 2.25. The van der Waals surface area contributed by atoms with Crippen LogP contribution in [-0.2, 0) is 6.54 Å². The predicted octanol–water partition coefficient (Wildman–Crippen LogP) is 2.09. The van der Waals surface area contributed by atoms with Gasteiger partial charge in [0.15, 0.2) is 0 Å². The minimum absolute atomic E-state index is 0.534. The van der Waals surface area contributed by atoms with Crippen molar-refractivity contribution < 1.29 is 0 Å². The molecule has 2 N–H and O–H groups in total. The molecule has 2 aromatic rings. The van der Waals surface area contributed by atoms with Crippen molar-refractivity contribution in [3.05, 3.63) is 42.4 Å². The van der Waals surface area contributed by atoms with Gasteiger partial charge in [0.1, 0.15) is 5.82 Å². The van der Waals surface area contributed by atoms with Crippen LogP contribution in [0.1, 0.15) is 30.9 Å². The Morgan fingerprint density at radius 1 is 1.30 bits per heavy atom. The fraction of sp³-hybridized carbons (Fsp3) is 0.467. The molecule has 0 saturated carbocycles. The van der Waals surface area contributed by atoms with Crippen LogP contribution in [0.2, 0.25) is 0 Å². The number of likely N-dealkylation sites (tertiary alicyclic amines) is 1. The van der Waals surface area contributed by atoms with Crippen molar-refractivity contribution in [1.29, 1.82) is 0 Å². The van der Waals surface area contributed by atoms with Crippen molar-refractivity contribution in [1.82, 2.24) is 19.7 Å². The van der Waals surface area contributed by atoms with E-state index < -0.39 is 0 Å². The van der Waals surface area contributed by atoms with Crippen molar-refractivity contribution in [2.45, 2.75) is 31.8 Å². The summed E-state index contributed by atoms with van der Waals surface area (Å²) in [5.74, 6) is 0.597. The number of nitrogen functional groups attached to an aromatic ring is 1. The molecule has 1 unspecified atom stereocenters. The van der Waals surface area contributed by atoms with Crippen LogP contribution < -0.4 is 5.73 Å². The summed E-state index contributed by atoms with van der Waals surface area (Å²) >= 11 is 0. The van der Waals surface area contributed by atoms with E-state index in [9.17, 15) is 0 Å². The molecule has 1 aliphatic heterocycles. The van der Waals surface area contributed by atoms with Crippen LogP contribution in [0.25, 0.3) is 0 Å². The van der Waals surface area contributed by atoms with Crippen molar-refractivity contribution in [3.8, 4) is 0 Å². The van der Waals surface area contributed by atoms with Crippen LogP contribution >= 0.6 is 0 Å². The van der Waals surface area contributed by atoms with Crippen molar-refractivity contribution in [3.63, 3.8) is 0 Å². The van der Waals surface area contributed by atoms with Gasteiger partial charge in [0, 0.05) is 37.7 Å². The molecule has 1 fully saturated rings. The molecule has 0 aromatic carbocycles. The number of hydrogen-bond donors (Lipinski definition) is 1. The van der Waals surface area contributed by atoms with Crippen molar-refractivity contribution in [2.75, 3.05) is 18.8 Å². The van der Waals surface area contributed by atoms with Gasteiger partial charge in [-0.05, 0) is 43.5 Å². The molecule has 3 heterocycles. The SMILES string of the molecule is Nc1ccn(CCCN2CCCC2c2cccnc2)n1. The molecular weight excluding hydrogens is 250 g/mol. The summed E-state index contributed by atoms with van der Waals surface area (Å²) in [6.07, 6.45) is 9.38. The van der Waals surface area contributed by atoms with Gasteiger partial charge in [-0.2, -0.15) is 5.10 Å². The minimum atomic E-state index is 0.534. The summed E-state index contributed by atoms with van der Waals surface area (Å²) in [5.41, 5.74) is 6.96. The van der Waals surface area contributed by atoms with Gasteiger partial charge in [-0.1, -0.05) is 6.07 Å². The lowest BCUT2D eigenvalue weighted by atomic mass is 10.1. The zero-order valence-electron chi connectivity index (χ0n) is 11.7. The summed E-state index contributed by atoms with van der Waals surface area (Å²) in [6.45, 7) is 3.20. The Kier molecular flexibility index (Phi) is 3.97. The van der Waals surface area contributed by atoms with E-state index in [2.05, 4.69) is 21.0 Å². The lowest BCUT2D eigenvalue weighted by Gasteiger charge is -2.24. The Morgan fingerprint density at radius 2 is 2.25 bits per heavy atom. The van der Waals surface area contributed by atoms with Crippen molar-refractivity contribution in [2.24, 2.45) is 0 Å². The average Bonchev–Trinajstić information content (AvgIpc) is 3.09. The summed E-state index contributed by atoms with van der Waals surface area (Å²) in [5, 5.41) is 4.22. The molecular formula is C15H21N5. The van der Waals surface area contributed by atoms with E-state index in [4.69, 9.17) is 5.73 Å². The molecule has 5 nitrogen and oxygen atoms in total. The smallest absolute Gasteiger partial charge is 0.145 e. The Hall–Kier alpha value is -1.88. The Labute approximate surface area is 119 Å². The number of nitrogens with zero attached hydrogens (tertiary/aromatic N) is 4. The molecule has 1 saturated heterocycles. The fourth-order valence-corrected chi connectivity index (χ4v) is 2.98. The highest BCUT2D eigenvalue weighted by Crippen LogP contribution is 2.31. The quantitative estimate of drug-likeness (QED) is 0.904. The van der Waals surface area contributed by atoms with E-state index in [0.717, 1.165) is 19.5 Å². The first-order valence-electron chi connectivity index (χ1n) is 7.26. The van der Waals surface area contributed by atoms with Gasteiger partial charge >= 0.3 is 0 Å². The number of hydrogen-bond acceptors (Lipinski definition) is 4. The van der Waals surface area contributed by atoms with Gasteiger partial charge < -0.3 is 5.73 Å². The average molecular weight is 271 g/mol. The Bertz CT molecular complexity index is 536. The molecule has 5 heteroatoms. The van der Waals surface area contributed by atoms with Crippen LogP contribution in [0.15, 0.2) is 36.8 Å². The van der Waals surface area contributed by atoms with E-state index in [1.54, 1.807) is 0 Å². The lowest BCUT2D eigenvalue weighted by molar-refractivity contribution is 0.247. The molecule has 0 spiro atoms. The fourth-order valence-electron chi connectivity index (χ4n) is 2.98. The Balaban J connectivity index is 1.54. The maximum atomic E-state index is 5.62. The largest absolute Gasteiger partial charge is 0.382 e. The van der Waals surface area contributed by atoms with Crippen LogP contribution in [0.4, 0.5) is 5.82 Å². The van der Waals surface area contributed by atoms with Crippen LogP contribution in [0.5, 0.6) is 0 Å². The number of aromatic nitrogens is 3. The number of anilines is 1. The summed E-state index contributed by atoms with van der Waals surface area (Å²) < 4.78 is 1.92. The first kappa shape index (κ1) is 13.1. The maximum absolute atomic E-state index is 5.62. The van der Waals surface area contributed by atoms with E-state index in [-0.39, 0.29) is 0 Å². The molecule has 1 aliphatic rings. The second-order valence-electron chi connectivity index (χ2n) is 5.34. The first-order valence-corrected chi connectivity index (χ1v) is 7.26. The van der Waals surface area contributed by atoms with Crippen molar-refractivity contribution >= 4 is 5.82 Å². The third-order valence-electron chi connectivity index (χ3n) is 3.93. The second-order valence-corrected chi connectivity index (χ2v) is 5.34.